The molecule has 8 heteroatoms. The first kappa shape index (κ1) is 21.6. The third kappa shape index (κ3) is 7.60. The lowest BCUT2D eigenvalue weighted by Crippen LogP contribution is -2.50. The monoisotopic (exact) mass is 378 g/mol. The van der Waals surface area contributed by atoms with Crippen LogP contribution >= 0.6 is 12.2 Å². The van der Waals surface area contributed by atoms with Crippen molar-refractivity contribution in [3.63, 3.8) is 0 Å². The van der Waals surface area contributed by atoms with Crippen LogP contribution in [0.1, 0.15) is 44.7 Å². The Kier molecular flexibility index (Phi) is 7.70. The highest BCUT2D eigenvalue weighted by Crippen LogP contribution is 2.16. The average Bonchev–Trinajstić information content (AvgIpc) is 2.53. The zero-order valence-electron chi connectivity index (χ0n) is 15.8. The summed E-state index contributed by atoms with van der Waals surface area (Å²) in [6, 6.07) is 5.77. The molecular formula is C18H26N4O3S. The molecule has 0 unspecified atom stereocenters. The van der Waals surface area contributed by atoms with E-state index in [0.29, 0.717) is 0 Å². The van der Waals surface area contributed by atoms with Gasteiger partial charge in [-0.15, -0.1) is 0 Å². The SMILES string of the molecule is Cc1ccc(C)c(NC(=O)CCC(=O)NNC(=S)NC(=O)C(C)(C)C)c1. The van der Waals surface area contributed by atoms with Crippen LogP contribution in [0.25, 0.3) is 0 Å². The standard InChI is InChI=1S/C18H26N4O3S/c1-11-6-7-12(2)13(10-11)19-14(23)8-9-15(24)21-22-17(26)20-16(25)18(3,4)5/h6-7,10H,8-9H2,1-5H3,(H,19,23)(H,21,24)(H2,20,22,25,26). The molecule has 1 aromatic rings. The highest BCUT2D eigenvalue weighted by molar-refractivity contribution is 7.80. The molecule has 0 aliphatic heterocycles. The van der Waals surface area contributed by atoms with Crippen LogP contribution < -0.4 is 21.5 Å². The van der Waals surface area contributed by atoms with Gasteiger partial charge in [0.2, 0.25) is 17.7 Å². The molecule has 0 saturated heterocycles. The van der Waals surface area contributed by atoms with Crippen molar-refractivity contribution >= 4 is 40.7 Å². The molecule has 0 bridgehead atoms. The molecule has 0 aliphatic carbocycles. The Balaban J connectivity index is 2.35. The van der Waals surface area contributed by atoms with E-state index < -0.39 is 11.3 Å². The van der Waals surface area contributed by atoms with Gasteiger partial charge in [-0.2, -0.15) is 0 Å². The van der Waals surface area contributed by atoms with Gasteiger partial charge in [-0.3, -0.25) is 25.2 Å². The van der Waals surface area contributed by atoms with E-state index in [-0.39, 0.29) is 29.8 Å². The summed E-state index contributed by atoms with van der Waals surface area (Å²) in [7, 11) is 0. The number of hydrogen-bond donors (Lipinski definition) is 4. The molecule has 0 saturated carbocycles. The summed E-state index contributed by atoms with van der Waals surface area (Å²) < 4.78 is 0. The largest absolute Gasteiger partial charge is 0.326 e. The Morgan fingerprint density at radius 2 is 1.62 bits per heavy atom. The number of nitrogens with one attached hydrogen (secondary N) is 4. The maximum Gasteiger partial charge on any atom is 0.238 e. The van der Waals surface area contributed by atoms with Crippen molar-refractivity contribution in [3.05, 3.63) is 29.3 Å². The summed E-state index contributed by atoms with van der Waals surface area (Å²) in [6.07, 6.45) is 0.0154. The molecule has 142 valence electrons. The zero-order valence-corrected chi connectivity index (χ0v) is 16.6. The van der Waals surface area contributed by atoms with Gasteiger partial charge in [0.1, 0.15) is 0 Å². The Morgan fingerprint density at radius 1 is 1.00 bits per heavy atom. The van der Waals surface area contributed by atoms with Crippen molar-refractivity contribution in [2.45, 2.75) is 47.5 Å². The topological polar surface area (TPSA) is 99.3 Å². The normalized spacial score (nSPS) is 10.7. The maximum absolute atomic E-state index is 12.0. The molecule has 0 atom stereocenters. The van der Waals surface area contributed by atoms with Gasteiger partial charge in [0.25, 0.3) is 0 Å². The van der Waals surface area contributed by atoms with Gasteiger partial charge < -0.3 is 10.6 Å². The number of carbonyl (C=O) groups excluding carboxylic acids is 3. The van der Waals surface area contributed by atoms with Gasteiger partial charge in [-0.1, -0.05) is 32.9 Å². The summed E-state index contributed by atoms with van der Waals surface area (Å²) in [6.45, 7) is 9.09. The number of benzene rings is 1. The molecule has 26 heavy (non-hydrogen) atoms. The molecule has 0 heterocycles. The van der Waals surface area contributed by atoms with E-state index in [9.17, 15) is 14.4 Å². The first-order valence-corrected chi connectivity index (χ1v) is 8.67. The lowest BCUT2D eigenvalue weighted by atomic mass is 9.96. The minimum absolute atomic E-state index is 0.00175. The van der Waals surface area contributed by atoms with Crippen LogP contribution in [-0.4, -0.2) is 22.8 Å². The molecule has 0 aliphatic rings. The van der Waals surface area contributed by atoms with Crippen LogP contribution in [0.3, 0.4) is 0 Å². The highest BCUT2D eigenvalue weighted by Gasteiger charge is 2.22. The van der Waals surface area contributed by atoms with E-state index >= 15 is 0 Å². The zero-order chi connectivity index (χ0) is 19.9. The molecular weight excluding hydrogens is 352 g/mol. The summed E-state index contributed by atoms with van der Waals surface area (Å²) in [4.78, 5) is 35.5. The van der Waals surface area contributed by atoms with Crippen molar-refractivity contribution < 1.29 is 14.4 Å². The van der Waals surface area contributed by atoms with E-state index in [4.69, 9.17) is 12.2 Å². The van der Waals surface area contributed by atoms with Crippen molar-refractivity contribution in [2.75, 3.05) is 5.32 Å². The second-order valence-corrected chi connectivity index (χ2v) is 7.48. The number of amides is 3. The van der Waals surface area contributed by atoms with Gasteiger partial charge in [-0.05, 0) is 43.3 Å². The lowest BCUT2D eigenvalue weighted by molar-refractivity contribution is -0.127. The summed E-state index contributed by atoms with van der Waals surface area (Å²) >= 11 is 4.93. The molecule has 0 fully saturated rings. The van der Waals surface area contributed by atoms with E-state index in [1.807, 2.05) is 32.0 Å². The van der Waals surface area contributed by atoms with Gasteiger partial charge in [0, 0.05) is 23.9 Å². The van der Waals surface area contributed by atoms with E-state index in [1.54, 1.807) is 20.8 Å². The van der Waals surface area contributed by atoms with Crippen LogP contribution in [-0.2, 0) is 14.4 Å². The maximum atomic E-state index is 12.0. The minimum atomic E-state index is -0.595. The van der Waals surface area contributed by atoms with Gasteiger partial charge in [0.15, 0.2) is 5.11 Å². The first-order valence-electron chi connectivity index (χ1n) is 8.26. The lowest BCUT2D eigenvalue weighted by Gasteiger charge is -2.18. The quantitative estimate of drug-likeness (QED) is 0.475. The number of aryl methyl sites for hydroxylation is 2. The fraction of sp³-hybridized carbons (Fsp3) is 0.444. The van der Waals surface area contributed by atoms with Gasteiger partial charge in [0.05, 0.1) is 0 Å². The summed E-state index contributed by atoms with van der Waals surface area (Å²) in [5.74, 6) is -0.928. The number of hydrogen-bond acceptors (Lipinski definition) is 4. The average molecular weight is 378 g/mol. The van der Waals surface area contributed by atoms with Crippen LogP contribution in [0.5, 0.6) is 0 Å². The van der Waals surface area contributed by atoms with Crippen molar-refractivity contribution in [1.82, 2.24) is 16.2 Å². The first-order chi connectivity index (χ1) is 12.0. The van der Waals surface area contributed by atoms with E-state index in [0.717, 1.165) is 16.8 Å². The number of carbonyl (C=O) groups is 3. The molecule has 1 aromatic carbocycles. The third-order valence-corrected chi connectivity index (χ3v) is 3.67. The minimum Gasteiger partial charge on any atom is -0.326 e. The van der Waals surface area contributed by atoms with Crippen LogP contribution in [0.15, 0.2) is 18.2 Å². The Morgan fingerprint density at radius 3 is 2.23 bits per heavy atom. The number of thiocarbonyl (C=S) groups is 1. The molecule has 1 rings (SSSR count). The Hall–Kier alpha value is -2.48. The summed E-state index contributed by atoms with van der Waals surface area (Å²) in [5.41, 5.74) is 6.93. The van der Waals surface area contributed by atoms with Crippen molar-refractivity contribution in [3.8, 4) is 0 Å². The van der Waals surface area contributed by atoms with Crippen molar-refractivity contribution in [1.29, 1.82) is 0 Å². The van der Waals surface area contributed by atoms with Gasteiger partial charge in [-0.25, -0.2) is 0 Å². The van der Waals surface area contributed by atoms with Crippen molar-refractivity contribution in [2.24, 2.45) is 5.41 Å². The molecule has 0 spiro atoms. The number of hydrazine groups is 1. The summed E-state index contributed by atoms with van der Waals surface area (Å²) in [5, 5.41) is 5.26. The fourth-order valence-corrected chi connectivity index (χ4v) is 1.96. The van der Waals surface area contributed by atoms with Crippen LogP contribution in [0.4, 0.5) is 5.69 Å². The predicted octanol–water partition coefficient (Wildman–Crippen LogP) is 2.09. The molecule has 3 amide bonds. The second kappa shape index (κ2) is 9.28. The Bertz CT molecular complexity index is 711. The van der Waals surface area contributed by atoms with Crippen LogP contribution in [0, 0.1) is 19.3 Å². The fourth-order valence-electron chi connectivity index (χ4n) is 1.82. The molecule has 0 aromatic heterocycles. The third-order valence-electron chi connectivity index (χ3n) is 3.47. The van der Waals surface area contributed by atoms with E-state index in [1.165, 1.54) is 0 Å². The van der Waals surface area contributed by atoms with E-state index in [2.05, 4.69) is 21.5 Å². The Labute approximate surface area is 159 Å². The highest BCUT2D eigenvalue weighted by atomic mass is 32.1. The molecule has 0 radical (unpaired) electrons. The number of anilines is 1. The van der Waals surface area contributed by atoms with Crippen LogP contribution in [0.2, 0.25) is 0 Å². The number of rotatable bonds is 4. The van der Waals surface area contributed by atoms with Gasteiger partial charge >= 0.3 is 0 Å². The molecule has 4 N–H and O–H groups in total. The predicted molar refractivity (Wildman–Crippen MR) is 105 cm³/mol. The second-order valence-electron chi connectivity index (χ2n) is 7.07. The smallest absolute Gasteiger partial charge is 0.238 e. The molecule has 7 nitrogen and oxygen atoms in total.